The quantitative estimate of drug-likeness (QED) is 0.866. The highest BCUT2D eigenvalue weighted by molar-refractivity contribution is 5.67. The maximum atomic E-state index is 12.0. The van der Waals surface area contributed by atoms with Crippen molar-refractivity contribution in [3.05, 3.63) is 35.9 Å². The zero-order chi connectivity index (χ0) is 17.6. The van der Waals surface area contributed by atoms with Gasteiger partial charge < -0.3 is 20.1 Å². The highest BCUT2D eigenvalue weighted by atomic mass is 16.6. The molecule has 1 aromatic rings. The Balaban J connectivity index is 1.99. The molecule has 0 saturated carbocycles. The number of amides is 1. The summed E-state index contributed by atoms with van der Waals surface area (Å²) < 4.78 is 10.9. The number of ether oxygens (including phenoxy) is 2. The molecule has 0 aliphatic carbocycles. The number of carbonyl (C=O) groups is 1. The van der Waals surface area contributed by atoms with Crippen molar-refractivity contribution in [2.24, 2.45) is 0 Å². The van der Waals surface area contributed by atoms with Gasteiger partial charge in [-0.25, -0.2) is 4.79 Å². The van der Waals surface area contributed by atoms with Crippen molar-refractivity contribution >= 4 is 6.09 Å². The molecule has 5 heteroatoms. The van der Waals surface area contributed by atoms with Gasteiger partial charge in [0, 0.05) is 31.3 Å². The third-order valence-electron chi connectivity index (χ3n) is 4.24. The van der Waals surface area contributed by atoms with Crippen LogP contribution in [0.5, 0.6) is 0 Å². The van der Waals surface area contributed by atoms with E-state index in [-0.39, 0.29) is 17.7 Å². The maximum absolute atomic E-state index is 12.0. The molecule has 1 aliphatic heterocycles. The van der Waals surface area contributed by atoms with Gasteiger partial charge in [0.05, 0.1) is 0 Å². The second-order valence-electron chi connectivity index (χ2n) is 7.52. The molecule has 0 radical (unpaired) electrons. The number of benzene rings is 1. The highest BCUT2D eigenvalue weighted by Crippen LogP contribution is 2.25. The van der Waals surface area contributed by atoms with Crippen LogP contribution < -0.4 is 10.6 Å². The summed E-state index contributed by atoms with van der Waals surface area (Å²) in [5.41, 5.74) is 0.572. The van der Waals surface area contributed by atoms with Gasteiger partial charge in [-0.3, -0.25) is 0 Å². The summed E-state index contributed by atoms with van der Waals surface area (Å²) in [6, 6.07) is 10.5. The molecule has 5 nitrogen and oxygen atoms in total. The topological polar surface area (TPSA) is 59.6 Å². The second-order valence-corrected chi connectivity index (χ2v) is 7.52. The van der Waals surface area contributed by atoms with Gasteiger partial charge in [-0.05, 0) is 46.1 Å². The zero-order valence-corrected chi connectivity index (χ0v) is 15.2. The van der Waals surface area contributed by atoms with E-state index in [1.165, 1.54) is 5.56 Å². The molecular weight excluding hydrogens is 304 g/mol. The van der Waals surface area contributed by atoms with Crippen LogP contribution in [0.2, 0.25) is 0 Å². The predicted octanol–water partition coefficient (Wildman–Crippen LogP) is 3.41. The average Bonchev–Trinajstić information content (AvgIpc) is 2.53. The summed E-state index contributed by atoms with van der Waals surface area (Å²) in [5, 5.41) is 6.64. The Morgan fingerprint density at radius 1 is 1.25 bits per heavy atom. The van der Waals surface area contributed by atoms with Crippen LogP contribution in [0.3, 0.4) is 0 Å². The van der Waals surface area contributed by atoms with Crippen molar-refractivity contribution < 1.29 is 14.3 Å². The van der Waals surface area contributed by atoms with Gasteiger partial charge in [0.15, 0.2) is 0 Å². The summed E-state index contributed by atoms with van der Waals surface area (Å²) in [4.78, 5) is 12.0. The fourth-order valence-corrected chi connectivity index (χ4v) is 2.97. The Morgan fingerprint density at radius 3 is 2.46 bits per heavy atom. The SMILES string of the molecule is C[C@H](NC1(CNC(=O)OC(C)(C)C)CCOCC1)c1ccccc1. The molecule has 134 valence electrons. The van der Waals surface area contributed by atoms with E-state index in [1.807, 2.05) is 39.0 Å². The fraction of sp³-hybridized carbons (Fsp3) is 0.632. The number of carbonyl (C=O) groups excluding carboxylic acids is 1. The lowest BCUT2D eigenvalue weighted by molar-refractivity contribution is 0.0261. The number of hydrogen-bond acceptors (Lipinski definition) is 4. The molecule has 1 saturated heterocycles. The molecule has 2 rings (SSSR count). The normalized spacial score (nSPS) is 18.7. The molecule has 24 heavy (non-hydrogen) atoms. The summed E-state index contributed by atoms with van der Waals surface area (Å²) in [6.07, 6.45) is 1.35. The Labute approximate surface area is 145 Å². The Hall–Kier alpha value is -1.59. The Bertz CT molecular complexity index is 519. The van der Waals surface area contributed by atoms with Crippen molar-refractivity contribution in [2.75, 3.05) is 19.8 Å². The van der Waals surface area contributed by atoms with Crippen LogP contribution in [0, 0.1) is 0 Å². The number of nitrogens with one attached hydrogen (secondary N) is 2. The lowest BCUT2D eigenvalue weighted by Gasteiger charge is -2.40. The van der Waals surface area contributed by atoms with E-state index in [1.54, 1.807) is 0 Å². The van der Waals surface area contributed by atoms with Crippen molar-refractivity contribution in [3.63, 3.8) is 0 Å². The molecule has 1 aromatic carbocycles. The Kier molecular flexibility index (Phi) is 6.24. The minimum atomic E-state index is -0.488. The van der Waals surface area contributed by atoms with E-state index >= 15 is 0 Å². The minimum Gasteiger partial charge on any atom is -0.444 e. The number of alkyl carbamates (subject to hydrolysis) is 1. The maximum Gasteiger partial charge on any atom is 0.407 e. The molecular formula is C19H30N2O3. The predicted molar refractivity (Wildman–Crippen MR) is 95.0 cm³/mol. The molecule has 0 bridgehead atoms. The van der Waals surface area contributed by atoms with Crippen molar-refractivity contribution in [1.82, 2.24) is 10.6 Å². The average molecular weight is 334 g/mol. The van der Waals surface area contributed by atoms with E-state index < -0.39 is 5.60 Å². The first-order valence-corrected chi connectivity index (χ1v) is 8.67. The fourth-order valence-electron chi connectivity index (χ4n) is 2.97. The van der Waals surface area contributed by atoms with E-state index in [9.17, 15) is 4.79 Å². The molecule has 0 unspecified atom stereocenters. The van der Waals surface area contributed by atoms with E-state index in [2.05, 4.69) is 29.7 Å². The molecule has 0 spiro atoms. The molecule has 1 amide bonds. The van der Waals surface area contributed by atoms with Crippen LogP contribution in [0.15, 0.2) is 30.3 Å². The molecule has 1 heterocycles. The minimum absolute atomic E-state index is 0.176. The molecule has 0 aromatic heterocycles. The number of hydrogen-bond donors (Lipinski definition) is 2. The van der Waals surface area contributed by atoms with Gasteiger partial charge in [-0.1, -0.05) is 30.3 Å². The summed E-state index contributed by atoms with van der Waals surface area (Å²) >= 11 is 0. The van der Waals surface area contributed by atoms with Crippen LogP contribution in [0.25, 0.3) is 0 Å². The van der Waals surface area contributed by atoms with E-state index in [4.69, 9.17) is 9.47 Å². The third kappa shape index (κ3) is 5.80. The first kappa shape index (κ1) is 18.7. The first-order valence-electron chi connectivity index (χ1n) is 8.67. The van der Waals surface area contributed by atoms with Crippen molar-refractivity contribution in [1.29, 1.82) is 0 Å². The van der Waals surface area contributed by atoms with Crippen molar-refractivity contribution in [3.8, 4) is 0 Å². The summed E-state index contributed by atoms with van der Waals surface area (Å²) in [6.45, 7) is 9.68. The largest absolute Gasteiger partial charge is 0.444 e. The zero-order valence-electron chi connectivity index (χ0n) is 15.2. The Morgan fingerprint density at radius 2 is 1.88 bits per heavy atom. The standard InChI is InChI=1S/C19H30N2O3/c1-15(16-8-6-5-7-9-16)21-19(10-12-23-13-11-19)14-20-17(22)24-18(2,3)4/h5-9,15,21H,10-14H2,1-4H3,(H,20,22)/t15-/m0/s1. The third-order valence-corrected chi connectivity index (χ3v) is 4.24. The summed E-state index contributed by atoms with van der Waals surface area (Å²) in [5.74, 6) is 0. The second kappa shape index (κ2) is 7.99. The van der Waals surface area contributed by atoms with Crippen LogP contribution in [-0.2, 0) is 9.47 Å². The molecule has 1 atom stereocenters. The van der Waals surface area contributed by atoms with Crippen LogP contribution >= 0.6 is 0 Å². The van der Waals surface area contributed by atoms with E-state index in [0.29, 0.717) is 19.8 Å². The molecule has 1 fully saturated rings. The van der Waals surface area contributed by atoms with Gasteiger partial charge in [-0.2, -0.15) is 0 Å². The lowest BCUT2D eigenvalue weighted by Crippen LogP contribution is -2.57. The van der Waals surface area contributed by atoms with Crippen molar-refractivity contribution in [2.45, 2.75) is 57.7 Å². The van der Waals surface area contributed by atoms with E-state index in [0.717, 1.165) is 12.8 Å². The van der Waals surface area contributed by atoms with Crippen LogP contribution in [0.1, 0.15) is 52.1 Å². The van der Waals surface area contributed by atoms with Gasteiger partial charge >= 0.3 is 6.09 Å². The molecule has 2 N–H and O–H groups in total. The van der Waals surface area contributed by atoms with Crippen LogP contribution in [-0.4, -0.2) is 37.0 Å². The lowest BCUT2D eigenvalue weighted by atomic mass is 9.88. The van der Waals surface area contributed by atoms with Gasteiger partial charge in [0.2, 0.25) is 0 Å². The highest BCUT2D eigenvalue weighted by Gasteiger charge is 2.34. The number of rotatable bonds is 5. The first-order chi connectivity index (χ1) is 11.3. The van der Waals surface area contributed by atoms with Gasteiger partial charge in [0.1, 0.15) is 5.60 Å². The summed E-state index contributed by atoms with van der Waals surface area (Å²) in [7, 11) is 0. The molecule has 1 aliphatic rings. The smallest absolute Gasteiger partial charge is 0.407 e. The van der Waals surface area contributed by atoms with Gasteiger partial charge in [-0.15, -0.1) is 0 Å². The monoisotopic (exact) mass is 334 g/mol. The van der Waals surface area contributed by atoms with Crippen LogP contribution in [0.4, 0.5) is 4.79 Å². The van der Waals surface area contributed by atoms with Gasteiger partial charge in [0.25, 0.3) is 0 Å².